The fraction of sp³-hybridized carbons (Fsp3) is 0.762. The van der Waals surface area contributed by atoms with Crippen LogP contribution in [0.25, 0.3) is 0 Å². The maximum Gasteiger partial charge on any atom is 0.339 e. The van der Waals surface area contributed by atoms with Gasteiger partial charge in [-0.25, -0.2) is 9.59 Å². The van der Waals surface area contributed by atoms with Gasteiger partial charge in [0.15, 0.2) is 0 Å². The summed E-state index contributed by atoms with van der Waals surface area (Å²) in [6.07, 6.45) is 26.9. The summed E-state index contributed by atoms with van der Waals surface area (Å²) in [5, 5.41) is 0. The predicted octanol–water partition coefficient (Wildman–Crippen LogP) is 11.0. The van der Waals surface area contributed by atoms with Crippen LogP contribution in [0.1, 0.15) is 202 Å². The van der Waals surface area contributed by atoms with Crippen LogP contribution < -0.4 is 0 Å². The molecule has 284 valence electrons. The van der Waals surface area contributed by atoms with Crippen molar-refractivity contribution in [2.45, 2.75) is 193 Å². The Kier molecular flexibility index (Phi) is 24.9. The number of hydrogen-bond acceptors (Lipinski definition) is 8. The van der Waals surface area contributed by atoms with Crippen LogP contribution in [0.4, 0.5) is 0 Å². The van der Waals surface area contributed by atoms with Gasteiger partial charge in [0.2, 0.25) is 0 Å². The van der Waals surface area contributed by atoms with Crippen LogP contribution in [0, 0.1) is 0 Å². The monoisotopic (exact) mass is 700 g/mol. The van der Waals surface area contributed by atoms with Crippen molar-refractivity contribution in [3.63, 3.8) is 0 Å². The Morgan fingerprint density at radius 2 is 0.860 bits per heavy atom. The summed E-state index contributed by atoms with van der Waals surface area (Å²) in [6.45, 7) is 5.48. The molecule has 3 rings (SSSR count). The third-order valence-electron chi connectivity index (χ3n) is 9.55. The molecule has 1 aromatic rings. The summed E-state index contributed by atoms with van der Waals surface area (Å²) >= 11 is 0. The largest absolute Gasteiger partial charge is 0.466 e. The van der Waals surface area contributed by atoms with Gasteiger partial charge in [-0.15, -0.1) is 0 Å². The molecule has 2 aliphatic rings. The second kappa shape index (κ2) is 28.8. The number of hydrogen-bond donors (Lipinski definition) is 0. The zero-order chi connectivity index (χ0) is 36.1. The van der Waals surface area contributed by atoms with Gasteiger partial charge in [0.1, 0.15) is 12.2 Å². The van der Waals surface area contributed by atoms with E-state index < -0.39 is 11.9 Å². The van der Waals surface area contributed by atoms with Crippen molar-refractivity contribution < 1.29 is 38.1 Å². The van der Waals surface area contributed by atoms with Crippen molar-refractivity contribution in [3.8, 4) is 0 Å². The lowest BCUT2D eigenvalue weighted by Crippen LogP contribution is -2.24. The highest BCUT2D eigenvalue weighted by atomic mass is 16.6. The summed E-state index contributed by atoms with van der Waals surface area (Å²) in [7, 11) is 0. The molecular weight excluding hydrogens is 632 g/mol. The number of benzene rings is 1. The number of carbonyl (C=O) groups excluding carboxylic acids is 4. The fourth-order valence-corrected chi connectivity index (χ4v) is 6.45. The molecule has 2 aliphatic carbocycles. The van der Waals surface area contributed by atoms with E-state index in [2.05, 4.69) is 13.8 Å². The van der Waals surface area contributed by atoms with Gasteiger partial charge < -0.3 is 18.9 Å². The quantitative estimate of drug-likeness (QED) is 0.0631. The highest BCUT2D eigenvalue weighted by Gasteiger charge is 2.25. The lowest BCUT2D eigenvalue weighted by molar-refractivity contribution is -0.146. The standard InChI is InChI=1S/C22H42O4.C20H26O4/c1-3-5-7-9-11-15-19-25-21(23)17-13-14-18-22(24)26-20-16-12-10-8-6-4-2;21-19(23-15-9-3-1-4-10-15)17-13-7-8-14-18(17)20(22)24-16-11-5-2-6-12-16/h3-20H2,1-2H3;7-8,13-16H,1-6,9-12H2. The molecule has 0 amide bonds. The smallest absolute Gasteiger partial charge is 0.339 e. The van der Waals surface area contributed by atoms with E-state index in [1.807, 2.05) is 0 Å². The Morgan fingerprint density at radius 3 is 1.24 bits per heavy atom. The van der Waals surface area contributed by atoms with E-state index in [0.29, 0.717) is 50.0 Å². The van der Waals surface area contributed by atoms with Crippen LogP contribution in [-0.2, 0) is 28.5 Å². The Morgan fingerprint density at radius 1 is 0.500 bits per heavy atom. The molecule has 8 heteroatoms. The van der Waals surface area contributed by atoms with Gasteiger partial charge in [-0.1, -0.05) is 103 Å². The number of ether oxygens (including phenoxy) is 4. The van der Waals surface area contributed by atoms with Crippen LogP contribution in [0.3, 0.4) is 0 Å². The Bertz CT molecular complexity index is 975. The van der Waals surface area contributed by atoms with E-state index in [0.717, 1.165) is 77.0 Å². The molecule has 0 radical (unpaired) electrons. The van der Waals surface area contributed by atoms with Crippen molar-refractivity contribution >= 4 is 23.9 Å². The highest BCUT2D eigenvalue weighted by molar-refractivity contribution is 6.03. The number of esters is 4. The molecule has 8 nitrogen and oxygen atoms in total. The number of rotatable bonds is 23. The first kappa shape index (κ1) is 43.3. The first-order chi connectivity index (χ1) is 24.4. The van der Waals surface area contributed by atoms with E-state index >= 15 is 0 Å². The molecule has 2 fully saturated rings. The van der Waals surface area contributed by atoms with Crippen LogP contribution in [0.2, 0.25) is 0 Å². The predicted molar refractivity (Wildman–Crippen MR) is 198 cm³/mol. The van der Waals surface area contributed by atoms with E-state index in [1.165, 1.54) is 64.2 Å². The van der Waals surface area contributed by atoms with E-state index in [1.54, 1.807) is 24.3 Å². The van der Waals surface area contributed by atoms with Crippen LogP contribution in [0.5, 0.6) is 0 Å². The van der Waals surface area contributed by atoms with Crippen molar-refractivity contribution in [3.05, 3.63) is 35.4 Å². The molecule has 0 heterocycles. The molecule has 0 spiro atoms. The molecule has 0 N–H and O–H groups in total. The normalized spacial score (nSPS) is 15.0. The van der Waals surface area contributed by atoms with Gasteiger partial charge in [0, 0.05) is 12.8 Å². The Labute approximate surface area is 303 Å². The summed E-state index contributed by atoms with van der Waals surface area (Å²) in [4.78, 5) is 48.2. The van der Waals surface area contributed by atoms with Gasteiger partial charge >= 0.3 is 23.9 Å². The van der Waals surface area contributed by atoms with Crippen LogP contribution >= 0.6 is 0 Å². The molecule has 0 aliphatic heterocycles. The summed E-state index contributed by atoms with van der Waals surface area (Å²) in [5.74, 6) is -1.09. The third kappa shape index (κ3) is 20.7. The second-order valence-corrected chi connectivity index (χ2v) is 14.1. The molecule has 0 aromatic heterocycles. The molecule has 0 bridgehead atoms. The first-order valence-electron chi connectivity index (χ1n) is 20.3. The molecule has 50 heavy (non-hydrogen) atoms. The van der Waals surface area contributed by atoms with Gasteiger partial charge in [-0.05, 0) is 89.2 Å². The third-order valence-corrected chi connectivity index (χ3v) is 9.55. The van der Waals surface area contributed by atoms with Crippen LogP contribution in [0.15, 0.2) is 24.3 Å². The van der Waals surface area contributed by atoms with Crippen molar-refractivity contribution in [1.82, 2.24) is 0 Å². The molecule has 0 unspecified atom stereocenters. The van der Waals surface area contributed by atoms with E-state index in [9.17, 15) is 19.2 Å². The van der Waals surface area contributed by atoms with Crippen molar-refractivity contribution in [1.29, 1.82) is 0 Å². The lowest BCUT2D eigenvalue weighted by atomic mass is 9.97. The molecular formula is C42H68O8. The number of unbranched alkanes of at least 4 members (excludes halogenated alkanes) is 11. The zero-order valence-corrected chi connectivity index (χ0v) is 31.5. The minimum atomic E-state index is -0.405. The second-order valence-electron chi connectivity index (χ2n) is 14.1. The van der Waals surface area contributed by atoms with Crippen LogP contribution in [-0.4, -0.2) is 49.3 Å². The average molecular weight is 701 g/mol. The van der Waals surface area contributed by atoms with E-state index in [-0.39, 0.29) is 24.1 Å². The number of carbonyl (C=O) groups is 4. The Balaban J connectivity index is 0.000000347. The Hall–Kier alpha value is -2.90. The van der Waals surface area contributed by atoms with Gasteiger partial charge in [0.05, 0.1) is 24.3 Å². The minimum Gasteiger partial charge on any atom is -0.466 e. The zero-order valence-electron chi connectivity index (χ0n) is 31.5. The minimum absolute atomic E-state index is 0.0197. The molecule has 1 aromatic carbocycles. The molecule has 0 saturated heterocycles. The average Bonchev–Trinajstić information content (AvgIpc) is 3.13. The van der Waals surface area contributed by atoms with Gasteiger partial charge in [0.25, 0.3) is 0 Å². The van der Waals surface area contributed by atoms with E-state index in [4.69, 9.17) is 18.9 Å². The molecule has 2 saturated carbocycles. The highest BCUT2D eigenvalue weighted by Crippen LogP contribution is 2.24. The van der Waals surface area contributed by atoms with Crippen molar-refractivity contribution in [2.75, 3.05) is 13.2 Å². The SMILES string of the molecule is CCCCCCCCOC(=O)CCCCC(=O)OCCCCCCCC.O=C(OC1CCCCC1)c1ccccc1C(=O)OC1CCCCC1. The summed E-state index contributed by atoms with van der Waals surface area (Å²) in [6, 6.07) is 6.83. The summed E-state index contributed by atoms with van der Waals surface area (Å²) in [5.41, 5.74) is 0.646. The molecule has 0 atom stereocenters. The van der Waals surface area contributed by atoms with Crippen molar-refractivity contribution in [2.24, 2.45) is 0 Å². The summed E-state index contributed by atoms with van der Waals surface area (Å²) < 4.78 is 21.7. The van der Waals surface area contributed by atoms with Gasteiger partial charge in [-0.2, -0.15) is 0 Å². The maximum absolute atomic E-state index is 12.5. The fourth-order valence-electron chi connectivity index (χ4n) is 6.45. The maximum atomic E-state index is 12.5. The van der Waals surface area contributed by atoms with Gasteiger partial charge in [-0.3, -0.25) is 9.59 Å². The topological polar surface area (TPSA) is 105 Å². The lowest BCUT2D eigenvalue weighted by Gasteiger charge is -2.23. The first-order valence-corrected chi connectivity index (χ1v) is 20.3.